The van der Waals surface area contributed by atoms with Crippen molar-refractivity contribution >= 4 is 5.78 Å². The fraction of sp³-hybridized carbons (Fsp3) is 0.333. The second-order valence-electron chi connectivity index (χ2n) is 3.10. The minimum absolute atomic E-state index is 0.516. The van der Waals surface area contributed by atoms with Crippen LogP contribution >= 0.6 is 0 Å². The summed E-state index contributed by atoms with van der Waals surface area (Å²) in [6.45, 7) is 0.516. The normalized spacial score (nSPS) is 13.3. The lowest BCUT2D eigenvalue weighted by atomic mass is 10.2. The van der Waals surface area contributed by atoms with Crippen molar-refractivity contribution in [2.24, 2.45) is 0 Å². The van der Waals surface area contributed by atoms with Gasteiger partial charge in [0.1, 0.15) is 0 Å². The molecule has 14 heavy (non-hydrogen) atoms. The molecule has 74 valence electrons. The average Bonchev–Trinajstić information content (AvgIpc) is 2.64. The molecular weight excluding hydrogens is 180 g/mol. The summed E-state index contributed by atoms with van der Waals surface area (Å²) in [5.74, 6) is 0.644. The standard InChI is InChI=1S/C9H12N4O/c1-10-5-8(14)7-4-12-9-11-2-3-13(9)6-7/h2-4,6,8,10,14H,5H2,1H3. The molecule has 2 rings (SSSR count). The zero-order valence-electron chi connectivity index (χ0n) is 7.88. The van der Waals surface area contributed by atoms with Crippen molar-refractivity contribution < 1.29 is 5.11 Å². The summed E-state index contributed by atoms with van der Waals surface area (Å²) in [5, 5.41) is 12.6. The average molecular weight is 192 g/mol. The lowest BCUT2D eigenvalue weighted by Crippen LogP contribution is -2.17. The van der Waals surface area contributed by atoms with Crippen LogP contribution in [0.4, 0.5) is 0 Å². The van der Waals surface area contributed by atoms with E-state index in [1.807, 2.05) is 6.20 Å². The Morgan fingerprint density at radius 1 is 1.57 bits per heavy atom. The molecule has 0 saturated heterocycles. The molecule has 1 unspecified atom stereocenters. The molecule has 2 aromatic heterocycles. The highest BCUT2D eigenvalue weighted by atomic mass is 16.3. The summed E-state index contributed by atoms with van der Waals surface area (Å²) in [7, 11) is 1.80. The van der Waals surface area contributed by atoms with Gasteiger partial charge in [0.05, 0.1) is 6.10 Å². The Balaban J connectivity index is 2.33. The number of fused-ring (bicyclic) bond motifs is 1. The molecule has 0 aliphatic carbocycles. The van der Waals surface area contributed by atoms with E-state index in [4.69, 9.17) is 0 Å². The topological polar surface area (TPSA) is 62.5 Å². The maximum atomic E-state index is 9.68. The Bertz CT molecular complexity index is 425. The fourth-order valence-corrected chi connectivity index (χ4v) is 1.32. The zero-order valence-corrected chi connectivity index (χ0v) is 7.88. The van der Waals surface area contributed by atoms with E-state index in [1.54, 1.807) is 30.0 Å². The number of likely N-dealkylation sites (N-methyl/N-ethyl adjacent to an activating group) is 1. The van der Waals surface area contributed by atoms with Crippen LogP contribution < -0.4 is 5.32 Å². The number of nitrogens with one attached hydrogen (secondary N) is 1. The van der Waals surface area contributed by atoms with E-state index >= 15 is 0 Å². The van der Waals surface area contributed by atoms with Crippen molar-refractivity contribution in [1.82, 2.24) is 19.7 Å². The third-order valence-corrected chi connectivity index (χ3v) is 2.05. The third kappa shape index (κ3) is 1.59. The number of aromatic nitrogens is 3. The Morgan fingerprint density at radius 2 is 2.43 bits per heavy atom. The highest BCUT2D eigenvalue weighted by molar-refractivity contribution is 5.29. The van der Waals surface area contributed by atoms with E-state index in [1.165, 1.54) is 0 Å². The van der Waals surface area contributed by atoms with Crippen molar-refractivity contribution in [1.29, 1.82) is 0 Å². The molecule has 2 heterocycles. The van der Waals surface area contributed by atoms with Gasteiger partial charge >= 0.3 is 0 Å². The van der Waals surface area contributed by atoms with E-state index < -0.39 is 6.10 Å². The second kappa shape index (κ2) is 3.73. The molecule has 0 aromatic carbocycles. The molecule has 0 radical (unpaired) electrons. The molecule has 2 N–H and O–H groups in total. The van der Waals surface area contributed by atoms with Crippen molar-refractivity contribution in [3.8, 4) is 0 Å². The molecule has 1 atom stereocenters. The van der Waals surface area contributed by atoms with Gasteiger partial charge in [-0.1, -0.05) is 0 Å². The van der Waals surface area contributed by atoms with E-state index in [2.05, 4.69) is 15.3 Å². The van der Waals surface area contributed by atoms with Crippen molar-refractivity contribution in [2.75, 3.05) is 13.6 Å². The molecule has 5 heteroatoms. The summed E-state index contributed by atoms with van der Waals surface area (Å²) < 4.78 is 1.79. The first-order chi connectivity index (χ1) is 6.81. The van der Waals surface area contributed by atoms with Crippen LogP contribution in [0.25, 0.3) is 5.78 Å². The molecule has 0 saturated carbocycles. The molecule has 0 bridgehead atoms. The molecule has 0 aliphatic heterocycles. The molecule has 0 aliphatic rings. The summed E-state index contributed by atoms with van der Waals surface area (Å²) in [5.41, 5.74) is 0.782. The molecule has 2 aromatic rings. The smallest absolute Gasteiger partial charge is 0.233 e. The maximum absolute atomic E-state index is 9.68. The largest absolute Gasteiger partial charge is 0.387 e. The quantitative estimate of drug-likeness (QED) is 0.717. The Labute approximate surface area is 81.4 Å². The van der Waals surface area contributed by atoms with Crippen LogP contribution in [0, 0.1) is 0 Å². The van der Waals surface area contributed by atoms with Gasteiger partial charge < -0.3 is 10.4 Å². The fourth-order valence-electron chi connectivity index (χ4n) is 1.32. The summed E-state index contributed by atoms with van der Waals surface area (Å²) >= 11 is 0. The first kappa shape index (κ1) is 9.11. The lowest BCUT2D eigenvalue weighted by Gasteiger charge is -2.09. The summed E-state index contributed by atoms with van der Waals surface area (Å²) in [6.07, 6.45) is 6.43. The van der Waals surface area contributed by atoms with Gasteiger partial charge in [0.15, 0.2) is 0 Å². The number of hydrogen-bond donors (Lipinski definition) is 2. The van der Waals surface area contributed by atoms with Crippen LogP contribution in [0.2, 0.25) is 0 Å². The highest BCUT2D eigenvalue weighted by Gasteiger charge is 2.07. The number of aliphatic hydroxyl groups is 1. The number of nitrogens with zero attached hydrogens (tertiary/aromatic N) is 3. The monoisotopic (exact) mass is 192 g/mol. The number of rotatable bonds is 3. The Morgan fingerprint density at radius 3 is 3.21 bits per heavy atom. The maximum Gasteiger partial charge on any atom is 0.233 e. The molecule has 5 nitrogen and oxygen atoms in total. The van der Waals surface area contributed by atoms with E-state index in [0.29, 0.717) is 12.3 Å². The van der Waals surface area contributed by atoms with Gasteiger partial charge in [0.2, 0.25) is 5.78 Å². The van der Waals surface area contributed by atoms with Crippen molar-refractivity contribution in [3.05, 3.63) is 30.4 Å². The zero-order chi connectivity index (χ0) is 9.97. The van der Waals surface area contributed by atoms with Crippen LogP contribution in [-0.4, -0.2) is 33.1 Å². The minimum atomic E-state index is -0.528. The van der Waals surface area contributed by atoms with Gasteiger partial charge in [0.25, 0.3) is 0 Å². The molecule has 0 spiro atoms. The first-order valence-corrected chi connectivity index (χ1v) is 4.42. The van der Waals surface area contributed by atoms with Gasteiger partial charge in [-0.3, -0.25) is 4.40 Å². The number of aliphatic hydroxyl groups excluding tert-OH is 1. The summed E-state index contributed by atoms with van der Waals surface area (Å²) in [6, 6.07) is 0. The van der Waals surface area contributed by atoms with Gasteiger partial charge in [-0.2, -0.15) is 0 Å². The van der Waals surface area contributed by atoms with Gasteiger partial charge in [-0.25, -0.2) is 9.97 Å². The number of hydrogen-bond acceptors (Lipinski definition) is 4. The predicted octanol–water partition coefficient (Wildman–Crippen LogP) is -0.0179. The summed E-state index contributed by atoms with van der Waals surface area (Å²) in [4.78, 5) is 8.13. The van der Waals surface area contributed by atoms with E-state index in [-0.39, 0.29) is 0 Å². The van der Waals surface area contributed by atoms with E-state index in [0.717, 1.165) is 5.56 Å². The van der Waals surface area contributed by atoms with Crippen LogP contribution in [0.15, 0.2) is 24.8 Å². The predicted molar refractivity (Wildman–Crippen MR) is 51.9 cm³/mol. The van der Waals surface area contributed by atoms with Crippen LogP contribution in [0.1, 0.15) is 11.7 Å². The first-order valence-electron chi connectivity index (χ1n) is 4.42. The SMILES string of the molecule is CNCC(O)c1cnc2nccn2c1. The molecular formula is C9H12N4O. The Hall–Kier alpha value is -1.46. The van der Waals surface area contributed by atoms with Crippen molar-refractivity contribution in [2.45, 2.75) is 6.10 Å². The van der Waals surface area contributed by atoms with Crippen molar-refractivity contribution in [3.63, 3.8) is 0 Å². The highest BCUT2D eigenvalue weighted by Crippen LogP contribution is 2.10. The Kier molecular flexibility index (Phi) is 2.43. The lowest BCUT2D eigenvalue weighted by molar-refractivity contribution is 0.177. The van der Waals surface area contributed by atoms with Gasteiger partial charge in [0, 0.05) is 36.9 Å². The van der Waals surface area contributed by atoms with Gasteiger partial charge in [-0.05, 0) is 7.05 Å². The molecule has 0 fully saturated rings. The third-order valence-electron chi connectivity index (χ3n) is 2.05. The molecule has 0 amide bonds. The van der Waals surface area contributed by atoms with E-state index in [9.17, 15) is 5.11 Å². The van der Waals surface area contributed by atoms with Crippen LogP contribution in [0.3, 0.4) is 0 Å². The number of imidazole rings is 1. The minimum Gasteiger partial charge on any atom is -0.387 e. The van der Waals surface area contributed by atoms with Gasteiger partial charge in [-0.15, -0.1) is 0 Å². The second-order valence-corrected chi connectivity index (χ2v) is 3.10. The van der Waals surface area contributed by atoms with Crippen LogP contribution in [0.5, 0.6) is 0 Å². The van der Waals surface area contributed by atoms with Crippen LogP contribution in [-0.2, 0) is 0 Å².